The van der Waals surface area contributed by atoms with Gasteiger partial charge in [-0.05, 0) is 42.7 Å². The molecular formula is C21H20F3N3O. The van der Waals surface area contributed by atoms with Gasteiger partial charge in [-0.3, -0.25) is 9.36 Å². The van der Waals surface area contributed by atoms with Gasteiger partial charge in [-0.1, -0.05) is 37.3 Å². The lowest BCUT2D eigenvalue weighted by molar-refractivity contribution is -0.137. The number of benzene rings is 2. The highest BCUT2D eigenvalue weighted by Gasteiger charge is 2.33. The molecule has 1 N–H and O–H groups in total. The molecule has 4 nitrogen and oxygen atoms in total. The smallest absolute Gasteiger partial charge is 0.348 e. The Morgan fingerprint density at radius 1 is 1.18 bits per heavy atom. The summed E-state index contributed by atoms with van der Waals surface area (Å²) in [5.41, 5.74) is 0.672. The molecule has 2 aromatic carbocycles. The van der Waals surface area contributed by atoms with E-state index in [0.717, 1.165) is 12.5 Å². The monoisotopic (exact) mass is 387 g/mol. The number of nitrogens with zero attached hydrogens (tertiary/aromatic N) is 2. The minimum absolute atomic E-state index is 0.000784. The zero-order valence-electron chi connectivity index (χ0n) is 15.5. The Bertz CT molecular complexity index is 979. The number of aromatic nitrogens is 2. The third kappa shape index (κ3) is 4.08. The number of nitrogens with one attached hydrogen (secondary N) is 1. The largest absolute Gasteiger partial charge is 0.417 e. The number of hydrogen-bond donors (Lipinski definition) is 1. The topological polar surface area (TPSA) is 46.9 Å². The van der Waals surface area contributed by atoms with E-state index in [9.17, 15) is 18.0 Å². The van der Waals surface area contributed by atoms with Gasteiger partial charge in [-0.15, -0.1) is 0 Å². The average Bonchev–Trinajstić information content (AvgIpc) is 3.17. The Balaban J connectivity index is 2.01. The van der Waals surface area contributed by atoms with E-state index in [2.05, 4.69) is 10.3 Å². The van der Waals surface area contributed by atoms with E-state index in [4.69, 9.17) is 0 Å². The van der Waals surface area contributed by atoms with Crippen molar-refractivity contribution in [1.82, 2.24) is 14.9 Å². The molecule has 7 heteroatoms. The van der Waals surface area contributed by atoms with Crippen molar-refractivity contribution in [1.29, 1.82) is 0 Å². The van der Waals surface area contributed by atoms with Gasteiger partial charge in [-0.25, -0.2) is 4.98 Å². The standard InChI is InChI=1S/C21H20F3N3O/c1-3-14(2)26-20(28)19-12-25-13-27(19)16-8-6-7-15(11-16)17-9-4-5-10-18(17)21(22,23)24/h4-14H,3H2,1-2H3,(H,26,28)/t14-/m0/s1. The molecule has 1 atom stereocenters. The van der Waals surface area contributed by atoms with Gasteiger partial charge in [0.05, 0.1) is 18.1 Å². The summed E-state index contributed by atoms with van der Waals surface area (Å²) < 4.78 is 41.7. The Morgan fingerprint density at radius 3 is 2.64 bits per heavy atom. The van der Waals surface area contributed by atoms with Crippen LogP contribution >= 0.6 is 0 Å². The molecule has 0 saturated heterocycles. The van der Waals surface area contributed by atoms with Crippen LogP contribution < -0.4 is 5.32 Å². The molecule has 3 aromatic rings. The van der Waals surface area contributed by atoms with Gasteiger partial charge in [0, 0.05) is 11.7 Å². The second-order valence-corrected chi connectivity index (χ2v) is 6.53. The molecule has 0 aliphatic carbocycles. The van der Waals surface area contributed by atoms with Gasteiger partial charge in [-0.2, -0.15) is 13.2 Å². The third-order valence-corrected chi connectivity index (χ3v) is 4.53. The second kappa shape index (κ2) is 7.88. The Morgan fingerprint density at radius 2 is 1.93 bits per heavy atom. The van der Waals surface area contributed by atoms with Crippen LogP contribution in [0.5, 0.6) is 0 Å². The summed E-state index contributed by atoms with van der Waals surface area (Å²) in [5, 5.41) is 2.87. The maximum Gasteiger partial charge on any atom is 0.417 e. The van der Waals surface area contributed by atoms with Crippen LogP contribution in [0, 0.1) is 0 Å². The number of amides is 1. The predicted molar refractivity (Wildman–Crippen MR) is 101 cm³/mol. The maximum absolute atomic E-state index is 13.4. The van der Waals surface area contributed by atoms with E-state index in [1.54, 1.807) is 34.9 Å². The number of alkyl halides is 3. The van der Waals surface area contributed by atoms with Gasteiger partial charge >= 0.3 is 6.18 Å². The van der Waals surface area contributed by atoms with Crippen LogP contribution in [0.25, 0.3) is 16.8 Å². The first kappa shape index (κ1) is 19.7. The van der Waals surface area contributed by atoms with E-state index in [1.807, 2.05) is 13.8 Å². The number of hydrogen-bond acceptors (Lipinski definition) is 2. The van der Waals surface area contributed by atoms with E-state index in [0.29, 0.717) is 16.9 Å². The molecule has 1 amide bonds. The Labute approximate surface area is 161 Å². The van der Waals surface area contributed by atoms with Crippen molar-refractivity contribution in [2.45, 2.75) is 32.5 Å². The first-order chi connectivity index (χ1) is 13.3. The number of carbonyl (C=O) groups excluding carboxylic acids is 1. The predicted octanol–water partition coefficient (Wildman–Crippen LogP) is 5.09. The fourth-order valence-corrected chi connectivity index (χ4v) is 2.87. The normalized spacial score (nSPS) is 12.6. The Hall–Kier alpha value is -3.09. The maximum atomic E-state index is 13.4. The summed E-state index contributed by atoms with van der Waals surface area (Å²) >= 11 is 0. The zero-order valence-corrected chi connectivity index (χ0v) is 15.5. The molecule has 0 saturated carbocycles. The molecular weight excluding hydrogens is 367 g/mol. The fourth-order valence-electron chi connectivity index (χ4n) is 2.87. The van der Waals surface area contributed by atoms with E-state index in [-0.39, 0.29) is 17.5 Å². The van der Waals surface area contributed by atoms with Crippen LogP contribution in [0.4, 0.5) is 13.2 Å². The summed E-state index contributed by atoms with van der Waals surface area (Å²) in [6, 6.07) is 12.0. The van der Waals surface area contributed by atoms with Crippen LogP contribution in [0.15, 0.2) is 61.1 Å². The molecule has 0 aliphatic rings. The summed E-state index contributed by atoms with van der Waals surface area (Å²) in [6.07, 6.45) is -0.763. The zero-order chi connectivity index (χ0) is 20.3. The molecule has 0 unspecified atom stereocenters. The van der Waals surface area contributed by atoms with Gasteiger partial charge in [0.1, 0.15) is 5.69 Å². The van der Waals surface area contributed by atoms with Crippen molar-refractivity contribution in [2.24, 2.45) is 0 Å². The van der Waals surface area contributed by atoms with Crippen LogP contribution in [-0.4, -0.2) is 21.5 Å². The molecule has 0 spiro atoms. The van der Waals surface area contributed by atoms with Crippen molar-refractivity contribution < 1.29 is 18.0 Å². The van der Waals surface area contributed by atoms with Crippen molar-refractivity contribution in [3.63, 3.8) is 0 Å². The van der Waals surface area contributed by atoms with Gasteiger partial charge in [0.2, 0.25) is 0 Å². The molecule has 0 bridgehead atoms. The highest BCUT2D eigenvalue weighted by Crippen LogP contribution is 2.37. The average molecular weight is 387 g/mol. The van der Waals surface area contributed by atoms with Crippen molar-refractivity contribution >= 4 is 5.91 Å². The first-order valence-electron chi connectivity index (χ1n) is 8.91. The van der Waals surface area contributed by atoms with E-state index >= 15 is 0 Å². The molecule has 0 radical (unpaired) electrons. The van der Waals surface area contributed by atoms with Crippen LogP contribution in [-0.2, 0) is 6.18 Å². The summed E-state index contributed by atoms with van der Waals surface area (Å²) in [5.74, 6) is -0.284. The molecule has 146 valence electrons. The Kier molecular flexibility index (Phi) is 5.53. The molecule has 3 rings (SSSR count). The second-order valence-electron chi connectivity index (χ2n) is 6.53. The number of imidazole rings is 1. The molecule has 28 heavy (non-hydrogen) atoms. The minimum Gasteiger partial charge on any atom is -0.348 e. The first-order valence-corrected chi connectivity index (χ1v) is 8.91. The molecule has 1 aromatic heterocycles. The number of rotatable bonds is 5. The highest BCUT2D eigenvalue weighted by atomic mass is 19.4. The van der Waals surface area contributed by atoms with Crippen LogP contribution in [0.3, 0.4) is 0 Å². The van der Waals surface area contributed by atoms with E-state index < -0.39 is 11.7 Å². The van der Waals surface area contributed by atoms with E-state index in [1.165, 1.54) is 24.7 Å². The van der Waals surface area contributed by atoms with Crippen molar-refractivity contribution in [3.8, 4) is 16.8 Å². The fraction of sp³-hybridized carbons (Fsp3) is 0.238. The lowest BCUT2D eigenvalue weighted by Gasteiger charge is -2.15. The van der Waals surface area contributed by atoms with Gasteiger partial charge in [0.25, 0.3) is 5.91 Å². The van der Waals surface area contributed by atoms with Crippen LogP contribution in [0.1, 0.15) is 36.3 Å². The molecule has 1 heterocycles. The SMILES string of the molecule is CC[C@H](C)NC(=O)c1cncn1-c1cccc(-c2ccccc2C(F)(F)F)c1. The molecule has 0 aliphatic heterocycles. The quantitative estimate of drug-likeness (QED) is 0.663. The van der Waals surface area contributed by atoms with Gasteiger partial charge in [0.15, 0.2) is 0 Å². The lowest BCUT2D eigenvalue weighted by Crippen LogP contribution is -2.33. The van der Waals surface area contributed by atoms with Crippen LogP contribution in [0.2, 0.25) is 0 Å². The number of halogens is 3. The van der Waals surface area contributed by atoms with Crippen molar-refractivity contribution in [3.05, 3.63) is 72.3 Å². The highest BCUT2D eigenvalue weighted by molar-refractivity contribution is 5.93. The molecule has 0 fully saturated rings. The third-order valence-electron chi connectivity index (χ3n) is 4.53. The van der Waals surface area contributed by atoms with Crippen molar-refractivity contribution in [2.75, 3.05) is 0 Å². The lowest BCUT2D eigenvalue weighted by atomic mass is 9.99. The minimum atomic E-state index is -4.46. The summed E-state index contributed by atoms with van der Waals surface area (Å²) in [7, 11) is 0. The summed E-state index contributed by atoms with van der Waals surface area (Å²) in [4.78, 5) is 16.5. The number of carbonyl (C=O) groups is 1. The van der Waals surface area contributed by atoms with Gasteiger partial charge < -0.3 is 5.32 Å². The summed E-state index contributed by atoms with van der Waals surface area (Å²) in [6.45, 7) is 3.86.